The highest BCUT2D eigenvalue weighted by Gasteiger charge is 2.20. The van der Waals surface area contributed by atoms with E-state index in [9.17, 15) is 20.0 Å². The molecule has 0 radical (unpaired) electrons. The van der Waals surface area contributed by atoms with Crippen LogP contribution in [0.3, 0.4) is 0 Å². The maximum Gasteiger partial charge on any atom is 0.342 e. The number of nitrogens with one attached hydrogen (secondary N) is 1. The quantitative estimate of drug-likeness (QED) is 0.126. The van der Waals surface area contributed by atoms with Crippen LogP contribution < -0.4 is 14.2 Å². The number of rotatable bonds is 10. The molecule has 190 valence electrons. The minimum atomic E-state index is -1.23. The largest absolute Gasteiger partial charge is 0.497 e. The summed E-state index contributed by atoms with van der Waals surface area (Å²) in [5, 5.41) is 28.2. The molecule has 0 saturated carbocycles. The number of carboxylic acids is 1. The molecule has 13 heteroatoms. The van der Waals surface area contributed by atoms with E-state index in [4.69, 9.17) is 18.6 Å². The molecule has 0 spiro atoms. The van der Waals surface area contributed by atoms with Gasteiger partial charge in [-0.05, 0) is 48.2 Å². The van der Waals surface area contributed by atoms with Gasteiger partial charge >= 0.3 is 5.97 Å². The molecule has 2 N–H and O–H groups in total. The third-order valence-electron chi connectivity index (χ3n) is 5.07. The molecule has 12 nitrogen and oxygen atoms in total. The van der Waals surface area contributed by atoms with E-state index in [0.29, 0.717) is 28.6 Å². The van der Waals surface area contributed by atoms with Gasteiger partial charge in [-0.3, -0.25) is 15.2 Å². The molecule has 4 aromatic rings. The fourth-order valence-electron chi connectivity index (χ4n) is 3.30. The molecule has 2 aromatic carbocycles. The molecule has 0 aliphatic heterocycles. The van der Waals surface area contributed by atoms with Crippen LogP contribution in [0.5, 0.6) is 17.2 Å². The highest BCUT2D eigenvalue weighted by Crippen LogP contribution is 2.36. The molecule has 0 saturated heterocycles. The molecule has 0 atom stereocenters. The summed E-state index contributed by atoms with van der Waals surface area (Å²) >= 11 is 0.806. The third kappa shape index (κ3) is 5.73. The summed E-state index contributed by atoms with van der Waals surface area (Å²) in [7, 11) is 4.46. The van der Waals surface area contributed by atoms with Gasteiger partial charge in [0.15, 0.2) is 5.82 Å². The SMILES string of the molecule is COc1cc(OC)cc(-c2nc(S/C(=C\c3ccc(-c4ccc(OC)cc4[N+](=O)[O-])o3)C(=O)O)n[nH]2)c1. The first-order valence-corrected chi connectivity index (χ1v) is 11.3. The molecule has 37 heavy (non-hydrogen) atoms. The van der Waals surface area contributed by atoms with Crippen LogP contribution in [0.15, 0.2) is 63.0 Å². The van der Waals surface area contributed by atoms with Crippen molar-refractivity contribution in [3.8, 4) is 40.0 Å². The van der Waals surface area contributed by atoms with Crippen molar-refractivity contribution in [1.82, 2.24) is 15.2 Å². The number of methoxy groups -OCH3 is 3. The molecule has 0 amide bonds. The normalized spacial score (nSPS) is 11.3. The Morgan fingerprint density at radius 3 is 2.38 bits per heavy atom. The van der Waals surface area contributed by atoms with E-state index in [1.807, 2.05) is 0 Å². The summed E-state index contributed by atoms with van der Waals surface area (Å²) < 4.78 is 21.3. The smallest absolute Gasteiger partial charge is 0.342 e. The predicted molar refractivity (Wildman–Crippen MR) is 134 cm³/mol. The van der Waals surface area contributed by atoms with Crippen LogP contribution in [0, 0.1) is 10.1 Å². The number of H-pyrrole nitrogens is 1. The van der Waals surface area contributed by atoms with Crippen LogP contribution >= 0.6 is 11.8 Å². The van der Waals surface area contributed by atoms with Gasteiger partial charge in [-0.1, -0.05) is 0 Å². The van der Waals surface area contributed by atoms with Gasteiger partial charge in [0.05, 0.1) is 37.9 Å². The highest BCUT2D eigenvalue weighted by molar-refractivity contribution is 8.04. The van der Waals surface area contributed by atoms with Crippen LogP contribution in [0.1, 0.15) is 5.76 Å². The number of aromatic amines is 1. The average Bonchev–Trinajstić information content (AvgIpc) is 3.57. The molecule has 0 aliphatic rings. The third-order valence-corrected chi connectivity index (χ3v) is 5.95. The molecular formula is C24H20N4O8S. The first-order valence-electron chi connectivity index (χ1n) is 10.5. The van der Waals surface area contributed by atoms with Crippen molar-refractivity contribution in [1.29, 1.82) is 0 Å². The number of ether oxygens (including phenoxy) is 3. The molecular weight excluding hydrogens is 504 g/mol. The van der Waals surface area contributed by atoms with Crippen molar-refractivity contribution in [2.75, 3.05) is 21.3 Å². The Bertz CT molecular complexity index is 1470. The van der Waals surface area contributed by atoms with Crippen LogP contribution in [-0.4, -0.2) is 52.5 Å². The minimum absolute atomic E-state index is 0.126. The second-order valence-corrected chi connectivity index (χ2v) is 8.34. The summed E-state index contributed by atoms with van der Waals surface area (Å²) in [6.07, 6.45) is 1.29. The molecule has 0 unspecified atom stereocenters. The van der Waals surface area contributed by atoms with E-state index in [1.54, 1.807) is 24.3 Å². The number of hydrogen-bond donors (Lipinski definition) is 2. The molecule has 0 fully saturated rings. The van der Waals surface area contributed by atoms with Crippen molar-refractivity contribution < 1.29 is 33.5 Å². The number of thioether (sulfide) groups is 1. The summed E-state index contributed by atoms with van der Waals surface area (Å²) in [5.74, 6) is 0.962. The zero-order valence-electron chi connectivity index (χ0n) is 19.8. The van der Waals surface area contributed by atoms with Gasteiger partial charge < -0.3 is 23.7 Å². The maximum atomic E-state index is 11.9. The standard InChI is InChI=1S/C24H20N4O8S/c1-33-14-4-6-18(19(11-14)28(31)32)20-7-5-15(36-20)12-21(23(29)30)37-24-25-22(26-27-24)13-8-16(34-2)10-17(9-13)35-3/h4-12H,1-3H3,(H,29,30)(H,25,26,27)/b21-12-. The van der Waals surface area contributed by atoms with E-state index < -0.39 is 10.9 Å². The van der Waals surface area contributed by atoms with Crippen LogP contribution in [0.4, 0.5) is 5.69 Å². The van der Waals surface area contributed by atoms with Gasteiger partial charge in [-0.25, -0.2) is 9.78 Å². The summed E-state index contributed by atoms with van der Waals surface area (Å²) in [6.45, 7) is 0. The molecule has 0 aliphatic carbocycles. The lowest BCUT2D eigenvalue weighted by Gasteiger charge is -2.06. The summed E-state index contributed by atoms with van der Waals surface area (Å²) in [6, 6.07) is 12.5. The number of nitro benzene ring substituents is 1. The number of benzene rings is 2. The summed E-state index contributed by atoms with van der Waals surface area (Å²) in [4.78, 5) is 27.1. The van der Waals surface area contributed by atoms with E-state index in [-0.39, 0.29) is 32.8 Å². The number of nitrogens with zero attached hydrogens (tertiary/aromatic N) is 3. The van der Waals surface area contributed by atoms with Gasteiger partial charge in [0.2, 0.25) is 5.16 Å². The van der Waals surface area contributed by atoms with Crippen molar-refractivity contribution in [2.24, 2.45) is 0 Å². The number of hydrogen-bond acceptors (Lipinski definition) is 10. The van der Waals surface area contributed by atoms with Crippen LogP contribution in [-0.2, 0) is 4.79 Å². The molecule has 2 heterocycles. The van der Waals surface area contributed by atoms with E-state index in [0.717, 1.165) is 11.8 Å². The van der Waals surface area contributed by atoms with E-state index in [1.165, 1.54) is 51.7 Å². The maximum absolute atomic E-state index is 11.9. The number of carboxylic acid groups (broad SMARTS) is 1. The highest BCUT2D eigenvalue weighted by atomic mass is 32.2. The number of nitro groups is 1. The van der Waals surface area contributed by atoms with Gasteiger partial charge in [0.1, 0.15) is 33.7 Å². The topological polar surface area (TPSA) is 163 Å². The van der Waals surface area contributed by atoms with Gasteiger partial charge in [-0.15, -0.1) is 5.10 Å². The average molecular weight is 525 g/mol. The van der Waals surface area contributed by atoms with Crippen molar-refractivity contribution in [3.63, 3.8) is 0 Å². The lowest BCUT2D eigenvalue weighted by molar-refractivity contribution is -0.384. The predicted octanol–water partition coefficient (Wildman–Crippen LogP) is 4.88. The van der Waals surface area contributed by atoms with Gasteiger partial charge in [0, 0.05) is 17.7 Å². The lowest BCUT2D eigenvalue weighted by Crippen LogP contribution is -1.97. The van der Waals surface area contributed by atoms with Crippen molar-refractivity contribution in [3.05, 3.63) is 69.3 Å². The number of furan rings is 1. The molecule has 4 rings (SSSR count). The summed E-state index contributed by atoms with van der Waals surface area (Å²) in [5.41, 5.74) is 0.648. The lowest BCUT2D eigenvalue weighted by atomic mass is 10.1. The number of aromatic nitrogens is 3. The first-order chi connectivity index (χ1) is 17.8. The fourth-order valence-corrected chi connectivity index (χ4v) is 3.99. The second kappa shape index (κ2) is 10.9. The van der Waals surface area contributed by atoms with Crippen molar-refractivity contribution >= 4 is 29.5 Å². The minimum Gasteiger partial charge on any atom is -0.497 e. The van der Waals surface area contributed by atoms with Crippen molar-refractivity contribution in [2.45, 2.75) is 5.16 Å². The Labute approximate surface area is 214 Å². The Balaban J connectivity index is 1.60. The Kier molecular flexibility index (Phi) is 7.44. The van der Waals surface area contributed by atoms with Crippen LogP contribution in [0.25, 0.3) is 28.8 Å². The fraction of sp³-hybridized carbons (Fsp3) is 0.125. The molecule has 0 bridgehead atoms. The Hall–Kier alpha value is -4.78. The zero-order valence-corrected chi connectivity index (χ0v) is 20.6. The van der Waals surface area contributed by atoms with Gasteiger partial charge in [-0.2, -0.15) is 0 Å². The van der Waals surface area contributed by atoms with Gasteiger partial charge in [0.25, 0.3) is 5.69 Å². The van der Waals surface area contributed by atoms with Crippen LogP contribution in [0.2, 0.25) is 0 Å². The monoisotopic (exact) mass is 524 g/mol. The second-order valence-electron chi connectivity index (χ2n) is 7.33. The number of aliphatic carboxylic acids is 1. The number of carbonyl (C=O) groups is 1. The Morgan fingerprint density at radius 1 is 1.05 bits per heavy atom. The first kappa shape index (κ1) is 25.3. The molecule has 2 aromatic heterocycles. The zero-order chi connectivity index (χ0) is 26.5. The Morgan fingerprint density at radius 2 is 1.76 bits per heavy atom. The van der Waals surface area contributed by atoms with E-state index in [2.05, 4.69) is 15.2 Å². The van der Waals surface area contributed by atoms with E-state index >= 15 is 0 Å².